The largest absolute Gasteiger partial charge is 0.449 e. The molecule has 4 aromatic rings. The molecule has 0 aliphatic rings. The summed E-state index contributed by atoms with van der Waals surface area (Å²) in [6, 6.07) is 17.2. The fourth-order valence-electron chi connectivity index (χ4n) is 2.66. The lowest BCUT2D eigenvalue weighted by atomic mass is 10.0. The highest BCUT2D eigenvalue weighted by Gasteiger charge is 2.11. The van der Waals surface area contributed by atoms with E-state index in [1.165, 1.54) is 24.2 Å². The van der Waals surface area contributed by atoms with Crippen molar-refractivity contribution in [2.24, 2.45) is 0 Å². The maximum atomic E-state index is 11.8. The minimum atomic E-state index is -0.425. The molecule has 0 fully saturated rings. The lowest BCUT2D eigenvalue weighted by Gasteiger charge is -2.01. The van der Waals surface area contributed by atoms with Crippen LogP contribution in [0.3, 0.4) is 0 Å². The Bertz CT molecular complexity index is 1190. The summed E-state index contributed by atoms with van der Waals surface area (Å²) >= 11 is 1.33. The van der Waals surface area contributed by atoms with Crippen molar-refractivity contribution in [3.05, 3.63) is 72.6 Å². The molecule has 0 aliphatic heterocycles. The Hall–Kier alpha value is -3.63. The number of carbonyl (C=O) groups is 1. The Morgan fingerprint density at radius 1 is 1.00 bits per heavy atom. The molecule has 2 heterocycles. The molecule has 0 aliphatic carbocycles. The number of esters is 1. The number of ether oxygens (including phenoxy) is 1. The van der Waals surface area contributed by atoms with Crippen LogP contribution >= 0.6 is 11.8 Å². The van der Waals surface area contributed by atoms with Gasteiger partial charge in [0.15, 0.2) is 6.61 Å². The predicted octanol–water partition coefficient (Wildman–Crippen LogP) is 4.24. The third-order valence-corrected chi connectivity index (χ3v) is 4.71. The van der Waals surface area contributed by atoms with Gasteiger partial charge in [-0.15, -0.1) is 10.2 Å². The summed E-state index contributed by atoms with van der Waals surface area (Å²) in [6.45, 7) is 0.0206. The topological polar surface area (TPSA) is 78.1 Å². The zero-order chi connectivity index (χ0) is 19.9. The molecule has 0 spiro atoms. The van der Waals surface area contributed by atoms with Crippen LogP contribution in [0.25, 0.3) is 22.2 Å². The molecule has 0 bridgehead atoms. The number of carbonyl (C=O) groups excluding carboxylic acids is 1. The minimum Gasteiger partial charge on any atom is -0.449 e. The zero-order valence-electron chi connectivity index (χ0n) is 15.2. The quantitative estimate of drug-likeness (QED) is 0.281. The van der Waals surface area contributed by atoms with E-state index in [-0.39, 0.29) is 6.61 Å². The van der Waals surface area contributed by atoms with Gasteiger partial charge < -0.3 is 9.15 Å². The highest BCUT2D eigenvalue weighted by atomic mass is 32.2. The Morgan fingerprint density at radius 2 is 1.83 bits per heavy atom. The summed E-state index contributed by atoms with van der Waals surface area (Å²) in [6.07, 6.45) is 3.08. The van der Waals surface area contributed by atoms with Crippen LogP contribution in [0.5, 0.6) is 0 Å². The number of hydrogen-bond acceptors (Lipinski definition) is 7. The second-order valence-corrected chi connectivity index (χ2v) is 6.78. The van der Waals surface area contributed by atoms with Gasteiger partial charge in [-0.3, -0.25) is 4.98 Å². The van der Waals surface area contributed by atoms with Crippen molar-refractivity contribution in [1.29, 1.82) is 0 Å². The van der Waals surface area contributed by atoms with Gasteiger partial charge in [-0.1, -0.05) is 60.0 Å². The second kappa shape index (κ2) is 9.04. The Balaban J connectivity index is 1.31. The van der Waals surface area contributed by atoms with Gasteiger partial charge in [-0.25, -0.2) is 4.79 Å². The molecule has 6 nitrogen and oxygen atoms in total. The summed E-state index contributed by atoms with van der Waals surface area (Å²) in [7, 11) is 0. The first-order valence-corrected chi connectivity index (χ1v) is 9.77. The van der Waals surface area contributed by atoms with Crippen LogP contribution in [-0.4, -0.2) is 33.5 Å². The lowest BCUT2D eigenvalue weighted by Crippen LogP contribution is -2.05. The fraction of sp³-hybridized carbons (Fsp3) is 0.0909. The van der Waals surface area contributed by atoms with Crippen molar-refractivity contribution in [1.82, 2.24) is 15.2 Å². The predicted molar refractivity (Wildman–Crippen MR) is 110 cm³/mol. The van der Waals surface area contributed by atoms with Crippen molar-refractivity contribution in [2.75, 3.05) is 12.4 Å². The van der Waals surface area contributed by atoms with E-state index in [1.54, 1.807) is 12.1 Å². The Labute approximate surface area is 171 Å². The van der Waals surface area contributed by atoms with E-state index in [4.69, 9.17) is 9.15 Å². The summed E-state index contributed by atoms with van der Waals surface area (Å²) in [5, 5.41) is 10.8. The highest BCUT2D eigenvalue weighted by molar-refractivity contribution is 7.99. The maximum absolute atomic E-state index is 11.8. The van der Waals surface area contributed by atoms with Gasteiger partial charge in [-0.2, -0.15) is 0 Å². The second-order valence-electron chi connectivity index (χ2n) is 5.85. The molecular formula is C22H15N3O3S. The summed E-state index contributed by atoms with van der Waals surface area (Å²) in [5.74, 6) is 6.21. The van der Waals surface area contributed by atoms with Gasteiger partial charge in [0, 0.05) is 18.0 Å². The van der Waals surface area contributed by atoms with Gasteiger partial charge >= 0.3 is 5.97 Å². The smallest absolute Gasteiger partial charge is 0.339 e. The molecule has 0 unspecified atom stereocenters. The molecule has 142 valence electrons. The van der Waals surface area contributed by atoms with Gasteiger partial charge in [0.05, 0.1) is 11.3 Å². The number of benzene rings is 2. The molecule has 7 heteroatoms. The van der Waals surface area contributed by atoms with Crippen molar-refractivity contribution >= 4 is 28.5 Å². The average molecular weight is 401 g/mol. The molecule has 0 saturated carbocycles. The molecule has 0 N–H and O–H groups in total. The normalized spacial score (nSPS) is 10.3. The molecule has 2 aromatic heterocycles. The van der Waals surface area contributed by atoms with Gasteiger partial charge in [0.1, 0.15) is 0 Å². The molecule has 29 heavy (non-hydrogen) atoms. The van der Waals surface area contributed by atoms with Crippen LogP contribution in [0.4, 0.5) is 0 Å². The summed E-state index contributed by atoms with van der Waals surface area (Å²) < 4.78 is 10.8. The summed E-state index contributed by atoms with van der Waals surface area (Å²) in [4.78, 5) is 15.6. The first kappa shape index (κ1) is 18.7. The van der Waals surface area contributed by atoms with Crippen LogP contribution in [0.1, 0.15) is 10.4 Å². The standard InChI is InChI=1S/C22H15N3O3S/c26-21(17-10-12-23-13-11-17)27-14-3-4-15-29-22-25-24-20(28-22)19-9-5-7-16-6-1-2-8-18(16)19/h1-2,5-13H,14-15H2. The molecule has 4 rings (SSSR count). The highest BCUT2D eigenvalue weighted by Crippen LogP contribution is 2.29. The third kappa shape index (κ3) is 4.62. The van der Waals surface area contributed by atoms with Crippen molar-refractivity contribution < 1.29 is 13.9 Å². The number of rotatable bonds is 5. The van der Waals surface area contributed by atoms with E-state index in [1.807, 2.05) is 42.5 Å². The van der Waals surface area contributed by atoms with E-state index in [0.29, 0.717) is 22.4 Å². The van der Waals surface area contributed by atoms with Crippen molar-refractivity contribution in [2.45, 2.75) is 5.22 Å². The third-order valence-electron chi connectivity index (χ3n) is 4.01. The van der Waals surface area contributed by atoms with Gasteiger partial charge in [0.25, 0.3) is 5.22 Å². The number of fused-ring (bicyclic) bond motifs is 1. The summed E-state index contributed by atoms with van der Waals surface area (Å²) in [5.41, 5.74) is 1.35. The SMILES string of the molecule is O=C(OCC#CCSc1nnc(-c2cccc3ccccc23)o1)c1ccncc1. The Morgan fingerprint density at radius 3 is 2.72 bits per heavy atom. The molecule has 2 aromatic carbocycles. The van der Waals surface area contributed by atoms with Crippen LogP contribution in [0.2, 0.25) is 0 Å². The van der Waals surface area contributed by atoms with E-state index in [0.717, 1.165) is 16.3 Å². The number of pyridine rings is 1. The number of hydrogen-bond donors (Lipinski definition) is 0. The van der Waals surface area contributed by atoms with Crippen molar-refractivity contribution in [3.8, 4) is 23.3 Å². The van der Waals surface area contributed by atoms with E-state index in [2.05, 4.69) is 27.0 Å². The fourth-order valence-corrected chi connectivity index (χ4v) is 3.20. The van der Waals surface area contributed by atoms with Crippen LogP contribution < -0.4 is 0 Å². The van der Waals surface area contributed by atoms with E-state index >= 15 is 0 Å². The minimum absolute atomic E-state index is 0.0206. The van der Waals surface area contributed by atoms with Gasteiger partial charge in [0.2, 0.25) is 5.89 Å². The van der Waals surface area contributed by atoms with Gasteiger partial charge in [-0.05, 0) is 29.0 Å². The average Bonchev–Trinajstić information content (AvgIpc) is 3.25. The van der Waals surface area contributed by atoms with E-state index < -0.39 is 5.97 Å². The van der Waals surface area contributed by atoms with E-state index in [9.17, 15) is 4.79 Å². The number of aromatic nitrogens is 3. The molecule has 0 atom stereocenters. The molecule has 0 radical (unpaired) electrons. The number of nitrogens with zero attached hydrogens (tertiary/aromatic N) is 3. The monoisotopic (exact) mass is 401 g/mol. The molecule has 0 amide bonds. The lowest BCUT2D eigenvalue weighted by molar-refractivity contribution is 0.0556. The van der Waals surface area contributed by atoms with Crippen molar-refractivity contribution in [3.63, 3.8) is 0 Å². The van der Waals surface area contributed by atoms with Crippen LogP contribution in [-0.2, 0) is 4.74 Å². The number of thioether (sulfide) groups is 1. The maximum Gasteiger partial charge on any atom is 0.339 e. The first-order chi connectivity index (χ1) is 14.3. The van der Waals surface area contributed by atoms with Crippen LogP contribution in [0.15, 0.2) is 76.6 Å². The molecular weight excluding hydrogens is 386 g/mol. The zero-order valence-corrected chi connectivity index (χ0v) is 16.1. The Kier molecular flexibility index (Phi) is 5.84. The van der Waals surface area contributed by atoms with Crippen LogP contribution in [0, 0.1) is 11.8 Å². The first-order valence-electron chi connectivity index (χ1n) is 8.78. The molecule has 0 saturated heterocycles.